The summed E-state index contributed by atoms with van der Waals surface area (Å²) in [6.45, 7) is 1.00. The highest BCUT2D eigenvalue weighted by Gasteiger charge is 2.21. The fraction of sp³-hybridized carbons (Fsp3) is 0.312. The second-order valence-corrected chi connectivity index (χ2v) is 5.68. The monoisotopic (exact) mass is 279 g/mol. The molecule has 21 heavy (non-hydrogen) atoms. The number of fused-ring (bicyclic) bond motifs is 1. The smallest absolute Gasteiger partial charge is 0.135 e. The molecular formula is C16H17N5. The van der Waals surface area contributed by atoms with Crippen LogP contribution in [0.2, 0.25) is 0 Å². The average molecular weight is 279 g/mol. The first-order valence-electron chi connectivity index (χ1n) is 7.27. The Kier molecular flexibility index (Phi) is 2.84. The molecule has 0 aliphatic heterocycles. The van der Waals surface area contributed by atoms with Crippen molar-refractivity contribution in [2.75, 3.05) is 11.9 Å². The minimum Gasteiger partial charge on any atom is -0.369 e. The molecule has 4 rings (SSSR count). The zero-order valence-corrected chi connectivity index (χ0v) is 12.0. The second-order valence-electron chi connectivity index (χ2n) is 5.68. The molecule has 5 nitrogen and oxygen atoms in total. The van der Waals surface area contributed by atoms with Crippen LogP contribution in [0.4, 0.5) is 5.82 Å². The fourth-order valence-corrected chi connectivity index (χ4v) is 2.48. The van der Waals surface area contributed by atoms with Gasteiger partial charge in [0.2, 0.25) is 0 Å². The number of nitrogens with one attached hydrogen (secondary N) is 1. The number of hydrogen-bond donors (Lipinski definition) is 1. The number of aromatic nitrogens is 4. The summed E-state index contributed by atoms with van der Waals surface area (Å²) < 4.78 is 1.80. The molecule has 0 saturated heterocycles. The van der Waals surface area contributed by atoms with E-state index in [2.05, 4.69) is 26.4 Å². The first-order valence-corrected chi connectivity index (χ1v) is 7.27. The van der Waals surface area contributed by atoms with Crippen LogP contribution in [0.1, 0.15) is 12.8 Å². The van der Waals surface area contributed by atoms with Crippen molar-refractivity contribution in [2.45, 2.75) is 12.8 Å². The molecule has 1 N–H and O–H groups in total. The summed E-state index contributed by atoms with van der Waals surface area (Å²) in [4.78, 5) is 9.03. The normalized spacial score (nSPS) is 14.5. The third-order valence-electron chi connectivity index (χ3n) is 3.90. The molecule has 3 aromatic rings. The molecule has 1 fully saturated rings. The summed E-state index contributed by atoms with van der Waals surface area (Å²) in [5, 5.41) is 8.75. The van der Waals surface area contributed by atoms with Gasteiger partial charge in [0, 0.05) is 48.7 Å². The Balaban J connectivity index is 1.75. The lowest BCUT2D eigenvalue weighted by Crippen LogP contribution is -2.05. The van der Waals surface area contributed by atoms with Crippen LogP contribution in [-0.2, 0) is 7.05 Å². The highest BCUT2D eigenvalue weighted by Crippen LogP contribution is 2.30. The molecule has 0 unspecified atom stereocenters. The summed E-state index contributed by atoms with van der Waals surface area (Å²) in [6.07, 6.45) is 10.2. The highest BCUT2D eigenvalue weighted by atomic mass is 15.2. The Hall–Kier alpha value is -2.43. The van der Waals surface area contributed by atoms with E-state index < -0.39 is 0 Å². The van der Waals surface area contributed by atoms with Crippen molar-refractivity contribution in [3.05, 3.63) is 36.9 Å². The van der Waals surface area contributed by atoms with Crippen molar-refractivity contribution in [1.29, 1.82) is 0 Å². The summed E-state index contributed by atoms with van der Waals surface area (Å²) in [7, 11) is 1.92. The molecule has 0 amide bonds. The quantitative estimate of drug-likeness (QED) is 0.798. The molecule has 0 aromatic carbocycles. The van der Waals surface area contributed by atoms with Gasteiger partial charge in [0.1, 0.15) is 5.82 Å². The summed E-state index contributed by atoms with van der Waals surface area (Å²) in [6, 6.07) is 4.09. The van der Waals surface area contributed by atoms with Crippen LogP contribution in [0.25, 0.3) is 22.0 Å². The minimum atomic E-state index is 0.816. The second kappa shape index (κ2) is 4.84. The van der Waals surface area contributed by atoms with Crippen molar-refractivity contribution in [2.24, 2.45) is 13.0 Å². The first kappa shape index (κ1) is 12.3. The molecule has 0 radical (unpaired) electrons. The van der Waals surface area contributed by atoms with Crippen molar-refractivity contribution < 1.29 is 0 Å². The van der Waals surface area contributed by atoms with Crippen molar-refractivity contribution >= 4 is 16.7 Å². The maximum absolute atomic E-state index is 4.55. The third kappa shape index (κ3) is 2.46. The molecule has 1 aliphatic rings. The topological polar surface area (TPSA) is 55.6 Å². The van der Waals surface area contributed by atoms with Crippen LogP contribution in [0.5, 0.6) is 0 Å². The van der Waals surface area contributed by atoms with Crippen LogP contribution in [0.3, 0.4) is 0 Å². The van der Waals surface area contributed by atoms with Gasteiger partial charge in [0.25, 0.3) is 0 Å². The molecule has 0 bridgehead atoms. The van der Waals surface area contributed by atoms with Gasteiger partial charge in [0.05, 0.1) is 11.7 Å². The van der Waals surface area contributed by atoms with Crippen molar-refractivity contribution in [3.8, 4) is 11.1 Å². The number of pyridine rings is 2. The Morgan fingerprint density at radius 1 is 1.24 bits per heavy atom. The number of hydrogen-bond acceptors (Lipinski definition) is 4. The molecule has 106 valence electrons. The first-order chi connectivity index (χ1) is 10.3. The van der Waals surface area contributed by atoms with Gasteiger partial charge in [-0.25, -0.2) is 4.98 Å². The molecule has 0 spiro atoms. The Bertz CT molecular complexity index is 788. The van der Waals surface area contributed by atoms with Gasteiger partial charge in [-0.2, -0.15) is 5.10 Å². The lowest BCUT2D eigenvalue weighted by molar-refractivity contribution is 0.768. The van der Waals surface area contributed by atoms with E-state index in [-0.39, 0.29) is 0 Å². The summed E-state index contributed by atoms with van der Waals surface area (Å²) >= 11 is 0. The van der Waals surface area contributed by atoms with Gasteiger partial charge in [-0.05, 0) is 30.9 Å². The van der Waals surface area contributed by atoms with Crippen LogP contribution in [0.15, 0.2) is 36.9 Å². The van der Waals surface area contributed by atoms with Crippen LogP contribution >= 0.6 is 0 Å². The van der Waals surface area contributed by atoms with E-state index in [1.807, 2.05) is 37.9 Å². The molecule has 0 atom stereocenters. The lowest BCUT2D eigenvalue weighted by atomic mass is 10.1. The summed E-state index contributed by atoms with van der Waals surface area (Å²) in [5.74, 6) is 1.74. The Labute approximate surface area is 123 Å². The molecule has 3 heterocycles. The van der Waals surface area contributed by atoms with Crippen LogP contribution < -0.4 is 5.32 Å². The third-order valence-corrected chi connectivity index (χ3v) is 3.90. The van der Waals surface area contributed by atoms with Gasteiger partial charge < -0.3 is 5.32 Å². The number of rotatable bonds is 4. The number of aryl methyl sites for hydroxylation is 1. The minimum absolute atomic E-state index is 0.816. The molecule has 1 saturated carbocycles. The predicted octanol–water partition coefficient (Wildman–Crippen LogP) is 2.85. The molecule has 5 heteroatoms. The van der Waals surface area contributed by atoms with Crippen LogP contribution in [0, 0.1) is 5.92 Å². The maximum atomic E-state index is 4.55. The number of nitrogens with zero attached hydrogens (tertiary/aromatic N) is 4. The summed E-state index contributed by atoms with van der Waals surface area (Å²) in [5.41, 5.74) is 3.11. The van der Waals surface area contributed by atoms with Gasteiger partial charge >= 0.3 is 0 Å². The zero-order chi connectivity index (χ0) is 14.2. The SMILES string of the molecule is Cn1cc(-c2cnc3ccnc(NCC4CC4)c3c2)cn1. The van der Waals surface area contributed by atoms with E-state index in [1.54, 1.807) is 4.68 Å². The van der Waals surface area contributed by atoms with Crippen LogP contribution in [-0.4, -0.2) is 26.3 Å². The zero-order valence-electron chi connectivity index (χ0n) is 12.0. The Morgan fingerprint density at radius 3 is 2.90 bits per heavy atom. The van der Waals surface area contributed by atoms with E-state index in [0.717, 1.165) is 40.3 Å². The maximum Gasteiger partial charge on any atom is 0.135 e. The van der Waals surface area contributed by atoms with E-state index in [0.29, 0.717) is 0 Å². The van der Waals surface area contributed by atoms with Gasteiger partial charge in [-0.15, -0.1) is 0 Å². The lowest BCUT2D eigenvalue weighted by Gasteiger charge is -2.08. The molecular weight excluding hydrogens is 262 g/mol. The van der Waals surface area contributed by atoms with Crippen molar-refractivity contribution in [3.63, 3.8) is 0 Å². The molecule has 3 aromatic heterocycles. The average Bonchev–Trinajstić information content (AvgIpc) is 3.24. The van der Waals surface area contributed by atoms with Gasteiger partial charge in [0.15, 0.2) is 0 Å². The van der Waals surface area contributed by atoms with E-state index in [4.69, 9.17) is 0 Å². The van der Waals surface area contributed by atoms with E-state index in [1.165, 1.54) is 12.8 Å². The van der Waals surface area contributed by atoms with E-state index in [9.17, 15) is 0 Å². The highest BCUT2D eigenvalue weighted by molar-refractivity contribution is 5.91. The standard InChI is InChI=1S/C16H17N5/c1-21-10-13(9-20-21)12-6-14-15(18-8-12)4-5-17-16(14)19-7-11-2-3-11/h4-6,8-11H,2-3,7H2,1H3,(H,17,19). The van der Waals surface area contributed by atoms with Crippen molar-refractivity contribution in [1.82, 2.24) is 19.7 Å². The van der Waals surface area contributed by atoms with Gasteiger partial charge in [-0.3, -0.25) is 9.67 Å². The molecule has 1 aliphatic carbocycles. The predicted molar refractivity (Wildman–Crippen MR) is 83.0 cm³/mol. The fourth-order valence-electron chi connectivity index (χ4n) is 2.48. The Morgan fingerprint density at radius 2 is 2.14 bits per heavy atom. The number of anilines is 1. The largest absolute Gasteiger partial charge is 0.369 e. The van der Waals surface area contributed by atoms with Gasteiger partial charge in [-0.1, -0.05) is 0 Å². The van der Waals surface area contributed by atoms with E-state index >= 15 is 0 Å².